The number of rotatable bonds is 7. The first-order valence-corrected chi connectivity index (χ1v) is 9.54. The molecule has 1 saturated carbocycles. The molecule has 0 saturated heterocycles. The lowest BCUT2D eigenvalue weighted by atomic mass is 10.2. The molecule has 0 unspecified atom stereocenters. The monoisotopic (exact) mass is 384 g/mol. The smallest absolute Gasteiger partial charge is 0.219 e. The molecule has 7 nitrogen and oxygen atoms in total. The van der Waals surface area contributed by atoms with E-state index in [0.717, 1.165) is 11.5 Å². The highest BCUT2D eigenvalue weighted by molar-refractivity contribution is 5.79. The van der Waals surface area contributed by atoms with Gasteiger partial charge in [0.25, 0.3) is 0 Å². The molecule has 1 aromatic carbocycles. The van der Waals surface area contributed by atoms with Crippen LogP contribution in [0, 0.1) is 0 Å². The minimum absolute atomic E-state index is 0.472. The van der Waals surface area contributed by atoms with Crippen molar-refractivity contribution in [1.82, 2.24) is 15.6 Å². The number of ether oxygens (including phenoxy) is 3. The van der Waals surface area contributed by atoms with E-state index in [1.807, 2.05) is 30.3 Å². The second-order valence-electron chi connectivity index (χ2n) is 6.65. The van der Waals surface area contributed by atoms with Crippen molar-refractivity contribution < 1.29 is 14.2 Å². The third-order valence-electron chi connectivity index (χ3n) is 4.77. The first-order chi connectivity index (χ1) is 13.7. The van der Waals surface area contributed by atoms with Gasteiger partial charge in [0.05, 0.1) is 14.2 Å². The molecule has 0 atom stereocenters. The van der Waals surface area contributed by atoms with Gasteiger partial charge in [-0.3, -0.25) is 4.99 Å². The fourth-order valence-electron chi connectivity index (χ4n) is 3.24. The summed E-state index contributed by atoms with van der Waals surface area (Å²) >= 11 is 0. The molecular formula is C21H28N4O3. The number of aliphatic imine (C=N–C) groups is 1. The van der Waals surface area contributed by atoms with Gasteiger partial charge in [0, 0.05) is 31.9 Å². The highest BCUT2D eigenvalue weighted by atomic mass is 16.5. The van der Waals surface area contributed by atoms with Crippen molar-refractivity contribution in [3.63, 3.8) is 0 Å². The van der Waals surface area contributed by atoms with Crippen LogP contribution in [-0.2, 0) is 6.54 Å². The second kappa shape index (κ2) is 9.82. The molecule has 2 aromatic rings. The highest BCUT2D eigenvalue weighted by Gasteiger charge is 2.16. The molecule has 1 aliphatic rings. The van der Waals surface area contributed by atoms with Gasteiger partial charge in [-0.05, 0) is 30.5 Å². The number of guanidine groups is 1. The van der Waals surface area contributed by atoms with Crippen molar-refractivity contribution in [3.8, 4) is 23.1 Å². The van der Waals surface area contributed by atoms with Crippen LogP contribution in [0.5, 0.6) is 23.1 Å². The number of benzene rings is 1. The molecular weight excluding hydrogens is 356 g/mol. The van der Waals surface area contributed by atoms with Crippen LogP contribution in [0.4, 0.5) is 0 Å². The zero-order valence-electron chi connectivity index (χ0n) is 16.7. The Kier molecular flexibility index (Phi) is 6.94. The molecule has 0 aliphatic heterocycles. The van der Waals surface area contributed by atoms with Crippen LogP contribution in [0.1, 0.15) is 31.2 Å². The van der Waals surface area contributed by atoms with E-state index in [-0.39, 0.29) is 0 Å². The maximum absolute atomic E-state index is 5.90. The maximum atomic E-state index is 5.90. The van der Waals surface area contributed by atoms with Crippen molar-refractivity contribution in [2.45, 2.75) is 38.3 Å². The van der Waals surface area contributed by atoms with E-state index in [1.54, 1.807) is 27.5 Å². The molecule has 1 aliphatic carbocycles. The van der Waals surface area contributed by atoms with Crippen LogP contribution in [0.15, 0.2) is 41.5 Å². The van der Waals surface area contributed by atoms with Crippen molar-refractivity contribution in [1.29, 1.82) is 0 Å². The Hall–Kier alpha value is -2.96. The fraction of sp³-hybridized carbons (Fsp3) is 0.429. The molecule has 150 valence electrons. The molecule has 2 N–H and O–H groups in total. The van der Waals surface area contributed by atoms with Gasteiger partial charge < -0.3 is 24.8 Å². The minimum atomic E-state index is 0.472. The van der Waals surface area contributed by atoms with Gasteiger partial charge in [-0.25, -0.2) is 4.98 Å². The van der Waals surface area contributed by atoms with Crippen LogP contribution in [0.3, 0.4) is 0 Å². The average molecular weight is 384 g/mol. The van der Waals surface area contributed by atoms with Gasteiger partial charge in [0.15, 0.2) is 17.5 Å². The summed E-state index contributed by atoms with van der Waals surface area (Å²) in [5.41, 5.74) is 1.04. The van der Waals surface area contributed by atoms with E-state index in [1.165, 1.54) is 25.7 Å². The van der Waals surface area contributed by atoms with E-state index >= 15 is 0 Å². The quantitative estimate of drug-likeness (QED) is 0.562. The Balaban J connectivity index is 1.59. The molecule has 3 rings (SSSR count). The van der Waals surface area contributed by atoms with E-state index in [2.05, 4.69) is 20.6 Å². The maximum Gasteiger partial charge on any atom is 0.219 e. The predicted molar refractivity (Wildman–Crippen MR) is 109 cm³/mol. The first kappa shape index (κ1) is 19.8. The number of aromatic nitrogens is 1. The standard InChI is InChI=1S/C21H28N4O3/c1-22-21(25-16-7-4-5-8-16)24-14-15-11-12-19(23-13-15)28-20-17(26-2)9-6-10-18(20)27-3/h6,9-13,16H,4-5,7-8,14H2,1-3H3,(H2,22,24,25). The third-order valence-corrected chi connectivity index (χ3v) is 4.77. The number of nitrogens with zero attached hydrogens (tertiary/aromatic N) is 2. The van der Waals surface area contributed by atoms with Gasteiger partial charge in [-0.2, -0.15) is 0 Å². The number of nitrogens with one attached hydrogen (secondary N) is 2. The Labute approximate surface area is 166 Å². The first-order valence-electron chi connectivity index (χ1n) is 9.54. The van der Waals surface area contributed by atoms with E-state index < -0.39 is 0 Å². The van der Waals surface area contributed by atoms with E-state index in [4.69, 9.17) is 14.2 Å². The van der Waals surface area contributed by atoms with Crippen LogP contribution in [0.25, 0.3) is 0 Å². The minimum Gasteiger partial charge on any atom is -0.493 e. The molecule has 1 aromatic heterocycles. The van der Waals surface area contributed by atoms with Gasteiger partial charge in [-0.1, -0.05) is 25.0 Å². The summed E-state index contributed by atoms with van der Waals surface area (Å²) in [6.45, 7) is 0.637. The highest BCUT2D eigenvalue weighted by Crippen LogP contribution is 2.39. The Morgan fingerprint density at radius 3 is 2.39 bits per heavy atom. The fourth-order valence-corrected chi connectivity index (χ4v) is 3.24. The molecule has 0 amide bonds. The van der Waals surface area contributed by atoms with Crippen LogP contribution in [0.2, 0.25) is 0 Å². The zero-order valence-corrected chi connectivity index (χ0v) is 16.7. The molecule has 0 bridgehead atoms. The van der Waals surface area contributed by atoms with Gasteiger partial charge in [-0.15, -0.1) is 0 Å². The summed E-state index contributed by atoms with van der Waals surface area (Å²) in [6, 6.07) is 9.81. The van der Waals surface area contributed by atoms with Crippen molar-refractivity contribution in [2.75, 3.05) is 21.3 Å². The van der Waals surface area contributed by atoms with Crippen molar-refractivity contribution in [3.05, 3.63) is 42.1 Å². The lowest BCUT2D eigenvalue weighted by Gasteiger charge is -2.17. The summed E-state index contributed by atoms with van der Waals surface area (Å²) in [7, 11) is 4.98. The van der Waals surface area contributed by atoms with E-state index in [0.29, 0.717) is 35.7 Å². The van der Waals surface area contributed by atoms with Crippen molar-refractivity contribution in [2.24, 2.45) is 4.99 Å². The molecule has 1 fully saturated rings. The van der Waals surface area contributed by atoms with Gasteiger partial charge in [0.1, 0.15) is 0 Å². The summed E-state index contributed by atoms with van der Waals surface area (Å²) < 4.78 is 16.6. The molecule has 0 spiro atoms. The number of methoxy groups -OCH3 is 2. The zero-order chi connectivity index (χ0) is 19.8. The molecule has 1 heterocycles. The number of hydrogen-bond acceptors (Lipinski definition) is 5. The average Bonchev–Trinajstić information content (AvgIpc) is 3.25. The Bertz CT molecular complexity index is 764. The summed E-state index contributed by atoms with van der Waals surface area (Å²) in [4.78, 5) is 8.70. The largest absolute Gasteiger partial charge is 0.493 e. The summed E-state index contributed by atoms with van der Waals surface area (Å²) in [5.74, 6) is 2.99. The number of hydrogen-bond donors (Lipinski definition) is 2. The van der Waals surface area contributed by atoms with Crippen molar-refractivity contribution >= 4 is 5.96 Å². The number of pyridine rings is 1. The normalized spacial score (nSPS) is 14.6. The van der Waals surface area contributed by atoms with Crippen LogP contribution >= 0.6 is 0 Å². The second-order valence-corrected chi connectivity index (χ2v) is 6.65. The lowest BCUT2D eigenvalue weighted by Crippen LogP contribution is -2.41. The predicted octanol–water partition coefficient (Wildman–Crippen LogP) is 3.50. The molecule has 0 radical (unpaired) electrons. The molecule has 28 heavy (non-hydrogen) atoms. The molecule has 7 heteroatoms. The van der Waals surface area contributed by atoms with E-state index in [9.17, 15) is 0 Å². The summed E-state index contributed by atoms with van der Waals surface area (Å²) in [6.07, 6.45) is 6.78. The SMILES string of the molecule is CN=C(NCc1ccc(Oc2c(OC)cccc2OC)nc1)NC1CCCC1. The van der Waals surface area contributed by atoms with Gasteiger partial charge in [0.2, 0.25) is 11.6 Å². The van der Waals surface area contributed by atoms with Crippen LogP contribution < -0.4 is 24.8 Å². The Morgan fingerprint density at radius 2 is 1.82 bits per heavy atom. The number of para-hydroxylation sites is 1. The lowest BCUT2D eigenvalue weighted by molar-refractivity contribution is 0.342. The van der Waals surface area contributed by atoms with Crippen LogP contribution in [-0.4, -0.2) is 38.3 Å². The topological polar surface area (TPSA) is 77.0 Å². The summed E-state index contributed by atoms with van der Waals surface area (Å²) in [5, 5.41) is 6.81. The Morgan fingerprint density at radius 1 is 1.11 bits per heavy atom. The van der Waals surface area contributed by atoms with Gasteiger partial charge >= 0.3 is 0 Å². The third kappa shape index (κ3) is 5.06.